The first-order valence-corrected chi connectivity index (χ1v) is 26.6. The van der Waals surface area contributed by atoms with E-state index in [4.69, 9.17) is 37.9 Å². The largest absolute Gasteiger partial charge is 0.432 e. The average Bonchev–Trinajstić information content (AvgIpc) is 3.32. The number of hydrogen-bond acceptors (Lipinski definition) is 21. The Morgan fingerprint density at radius 2 is 1.25 bits per heavy atom. The van der Waals surface area contributed by atoms with Gasteiger partial charge in [0, 0.05) is 0 Å². The number of aliphatic hydroxyl groups is 12. The number of esters is 1. The zero-order chi connectivity index (χ0) is 53.3. The maximum absolute atomic E-state index is 14.7. The van der Waals surface area contributed by atoms with Crippen LogP contribution in [0.5, 0.6) is 0 Å². The van der Waals surface area contributed by atoms with Gasteiger partial charge in [-0.2, -0.15) is 0 Å². The third kappa shape index (κ3) is 9.10. The van der Waals surface area contributed by atoms with E-state index in [1.165, 1.54) is 5.57 Å². The summed E-state index contributed by atoms with van der Waals surface area (Å²) in [6.07, 6.45) is -21.4. The summed E-state index contributed by atoms with van der Waals surface area (Å²) < 4.78 is 47.4. The van der Waals surface area contributed by atoms with E-state index in [0.717, 1.165) is 25.7 Å². The highest BCUT2D eigenvalue weighted by molar-refractivity contribution is 5.79. The van der Waals surface area contributed by atoms with E-state index in [0.29, 0.717) is 32.1 Å². The normalized spacial score (nSPS) is 54.7. The van der Waals surface area contributed by atoms with Crippen LogP contribution in [-0.4, -0.2) is 210 Å². The Labute approximate surface area is 426 Å². The summed E-state index contributed by atoms with van der Waals surface area (Å²) >= 11 is 0. The van der Waals surface area contributed by atoms with Gasteiger partial charge >= 0.3 is 5.97 Å². The van der Waals surface area contributed by atoms with Gasteiger partial charge in [-0.1, -0.05) is 60.1 Å². The lowest BCUT2D eigenvalue weighted by molar-refractivity contribution is -0.381. The fourth-order valence-electron chi connectivity index (χ4n) is 16.0. The SMILES string of the molecule is C[C@@H]1O[C@H](OC(=O)[C@]23CCC(C)(C)C[C@H]2C2=CC[C@H]4[C@@]5(C)C[C@@H](O)[C@H](O[C@@H]6O[C@H](CO)[C@@H](O)[C@H](O[C@@H]7OC[C@H](O)[C@H](O)[C@H]7O[C@H]7OC[C@H](O)[C@H](O)[C@@H]7O)[C@H]6O)C(C)(C)[C@@H]5CC[C@@]4(C)[C@]2(C)CC3)[C@H](O)[C@H](O)[C@H]1O. The van der Waals surface area contributed by atoms with Crippen LogP contribution >= 0.6 is 0 Å². The molecule has 27 atom stereocenters. The van der Waals surface area contributed by atoms with E-state index in [-0.39, 0.29) is 34.0 Å². The quantitative estimate of drug-likeness (QED) is 0.0767. The van der Waals surface area contributed by atoms with Gasteiger partial charge < -0.3 is 99.2 Å². The molecule has 0 aromatic rings. The van der Waals surface area contributed by atoms with E-state index in [1.807, 2.05) is 13.8 Å². The second-order valence-corrected chi connectivity index (χ2v) is 25.5. The molecule has 9 aliphatic rings. The second-order valence-electron chi connectivity index (χ2n) is 25.5. The van der Waals surface area contributed by atoms with Crippen molar-refractivity contribution in [2.75, 3.05) is 19.8 Å². The molecule has 4 saturated carbocycles. The molecular weight excluding hydrogens is 961 g/mol. The van der Waals surface area contributed by atoms with Crippen LogP contribution in [0.2, 0.25) is 0 Å². The van der Waals surface area contributed by atoms with E-state index in [1.54, 1.807) is 6.92 Å². The van der Waals surface area contributed by atoms with Gasteiger partial charge in [0.05, 0.1) is 43.5 Å². The van der Waals surface area contributed by atoms with E-state index < -0.39 is 165 Å². The number of aliphatic hydroxyl groups excluding tert-OH is 12. The summed E-state index contributed by atoms with van der Waals surface area (Å²) in [6.45, 7) is 15.5. The topological polar surface area (TPSA) is 334 Å². The van der Waals surface area contributed by atoms with Crippen molar-refractivity contribution in [3.63, 3.8) is 0 Å². The van der Waals surface area contributed by atoms with Crippen molar-refractivity contribution in [2.24, 2.45) is 50.2 Å². The fraction of sp³-hybridized carbons (Fsp3) is 0.942. The van der Waals surface area contributed by atoms with Crippen molar-refractivity contribution < 1.29 is 104 Å². The molecular formula is C52H84O21. The number of carbonyl (C=O) groups excluding carboxylic acids is 1. The molecule has 418 valence electrons. The Bertz CT molecular complexity index is 2020. The standard InChI is InChI=1S/C52H84O21/c1-22-31(57)35(61)37(63)43(68-22)73-46(65)52-15-13-47(2,3)17-24(52)23-9-10-30-49(6)18-25(54)41(48(4,5)29(49)11-12-51(30,8)50(23,7)14-16-52)72-44-38(64)39(34(60)28(19-53)69-44)70-45-40(33(59)27(56)21-67-45)71-42-36(62)32(58)26(55)20-66-42/h9,22,24-45,53-64H,10-21H2,1-8H3/t22-,24-,25+,26-,27-,28+,29-,30-,31-,32-,33-,34+,35+,36-,37+,38+,39-,40+,41-,42+,43+,44-,45-,49-,50+,51+,52-/m0/s1. The highest BCUT2D eigenvalue weighted by Gasteiger charge is 2.71. The summed E-state index contributed by atoms with van der Waals surface area (Å²) in [5.74, 6) is -0.543. The molecule has 4 aliphatic heterocycles. The maximum Gasteiger partial charge on any atom is 0.315 e. The zero-order valence-electron chi connectivity index (χ0n) is 43.4. The van der Waals surface area contributed by atoms with Crippen molar-refractivity contribution in [3.05, 3.63) is 11.6 Å². The number of carbonyl (C=O) groups is 1. The lowest BCUT2D eigenvalue weighted by Crippen LogP contribution is -2.69. The monoisotopic (exact) mass is 1040 g/mol. The van der Waals surface area contributed by atoms with Crippen molar-refractivity contribution in [3.8, 4) is 0 Å². The third-order valence-electron chi connectivity index (χ3n) is 20.5. The van der Waals surface area contributed by atoms with Gasteiger partial charge in [-0.3, -0.25) is 4.79 Å². The lowest BCUT2D eigenvalue weighted by Gasteiger charge is -2.71. The molecule has 0 aromatic heterocycles. The van der Waals surface area contributed by atoms with Crippen LogP contribution in [0.4, 0.5) is 0 Å². The Hall–Kier alpha value is -1.55. The number of ether oxygens (including phenoxy) is 8. The molecule has 0 amide bonds. The van der Waals surface area contributed by atoms with Gasteiger partial charge in [0.2, 0.25) is 6.29 Å². The number of fused-ring (bicyclic) bond motifs is 7. The summed E-state index contributed by atoms with van der Waals surface area (Å²) in [6, 6.07) is 0. The molecule has 5 aliphatic carbocycles. The van der Waals surface area contributed by atoms with Crippen molar-refractivity contribution in [1.29, 1.82) is 0 Å². The van der Waals surface area contributed by atoms with Crippen LogP contribution in [-0.2, 0) is 42.7 Å². The Balaban J connectivity index is 0.941. The van der Waals surface area contributed by atoms with Crippen LogP contribution in [0.15, 0.2) is 11.6 Å². The molecule has 4 heterocycles. The van der Waals surface area contributed by atoms with Crippen LogP contribution < -0.4 is 0 Å². The molecule has 4 saturated heterocycles. The van der Waals surface area contributed by atoms with Crippen molar-refractivity contribution >= 4 is 5.97 Å². The van der Waals surface area contributed by atoms with Crippen LogP contribution in [0.1, 0.15) is 113 Å². The number of hydrogen-bond donors (Lipinski definition) is 12. The smallest absolute Gasteiger partial charge is 0.315 e. The summed E-state index contributed by atoms with van der Waals surface area (Å²) in [5, 5.41) is 130. The Morgan fingerprint density at radius 1 is 0.616 bits per heavy atom. The molecule has 0 aromatic carbocycles. The summed E-state index contributed by atoms with van der Waals surface area (Å²) in [5.41, 5.74) is -1.51. The minimum atomic E-state index is -1.78. The Kier molecular flexibility index (Phi) is 15.4. The zero-order valence-corrected chi connectivity index (χ0v) is 43.4. The molecule has 12 N–H and O–H groups in total. The first-order chi connectivity index (χ1) is 34.1. The summed E-state index contributed by atoms with van der Waals surface area (Å²) in [4.78, 5) is 14.7. The van der Waals surface area contributed by atoms with Gasteiger partial charge in [0.15, 0.2) is 18.9 Å². The van der Waals surface area contributed by atoms with Crippen LogP contribution in [0.25, 0.3) is 0 Å². The second kappa shape index (κ2) is 20.0. The average molecular weight is 1050 g/mol. The van der Waals surface area contributed by atoms with Crippen molar-refractivity contribution in [1.82, 2.24) is 0 Å². The molecule has 0 unspecified atom stereocenters. The highest BCUT2D eigenvalue weighted by Crippen LogP contribution is 2.76. The van der Waals surface area contributed by atoms with Gasteiger partial charge in [-0.05, 0) is 110 Å². The van der Waals surface area contributed by atoms with Crippen LogP contribution in [0.3, 0.4) is 0 Å². The first kappa shape index (κ1) is 56.2. The minimum absolute atomic E-state index is 0.0139. The van der Waals surface area contributed by atoms with Gasteiger partial charge in [0.1, 0.15) is 79.4 Å². The number of rotatable bonds is 9. The van der Waals surface area contributed by atoms with Crippen LogP contribution in [0, 0.1) is 50.2 Å². The molecule has 8 fully saturated rings. The van der Waals surface area contributed by atoms with Crippen molar-refractivity contribution in [2.45, 2.75) is 236 Å². The predicted molar refractivity (Wildman–Crippen MR) is 251 cm³/mol. The molecule has 73 heavy (non-hydrogen) atoms. The number of allylic oxidation sites excluding steroid dienone is 2. The van der Waals surface area contributed by atoms with E-state index in [2.05, 4.69) is 40.7 Å². The molecule has 21 heteroatoms. The highest BCUT2D eigenvalue weighted by atomic mass is 16.8. The van der Waals surface area contributed by atoms with E-state index in [9.17, 15) is 66.1 Å². The van der Waals surface area contributed by atoms with Gasteiger partial charge in [-0.15, -0.1) is 0 Å². The molecule has 21 nitrogen and oxygen atoms in total. The molecule has 0 spiro atoms. The van der Waals surface area contributed by atoms with E-state index >= 15 is 0 Å². The summed E-state index contributed by atoms with van der Waals surface area (Å²) in [7, 11) is 0. The minimum Gasteiger partial charge on any atom is -0.432 e. The van der Waals surface area contributed by atoms with Gasteiger partial charge in [0.25, 0.3) is 0 Å². The first-order valence-electron chi connectivity index (χ1n) is 26.6. The lowest BCUT2D eigenvalue weighted by atomic mass is 9.33. The molecule has 0 bridgehead atoms. The molecule has 9 rings (SSSR count). The maximum atomic E-state index is 14.7. The third-order valence-corrected chi connectivity index (χ3v) is 20.5. The molecule has 0 radical (unpaired) electrons. The predicted octanol–water partition coefficient (Wildman–Crippen LogP) is -0.759. The fourth-order valence-corrected chi connectivity index (χ4v) is 16.0. The Morgan fingerprint density at radius 3 is 1.93 bits per heavy atom. The van der Waals surface area contributed by atoms with Gasteiger partial charge in [-0.25, -0.2) is 0 Å².